The molecular formula is C26H27N7O2. The van der Waals surface area contributed by atoms with Crippen LogP contribution in [0.5, 0.6) is 5.75 Å². The average molecular weight is 470 g/mol. The minimum atomic E-state index is 0.143. The van der Waals surface area contributed by atoms with Crippen LogP contribution in [0.4, 0.5) is 17.3 Å². The largest absolute Gasteiger partial charge is 0.507 e. The van der Waals surface area contributed by atoms with Gasteiger partial charge in [-0.05, 0) is 49.6 Å². The summed E-state index contributed by atoms with van der Waals surface area (Å²) in [7, 11) is 1.57. The summed E-state index contributed by atoms with van der Waals surface area (Å²) in [6, 6.07) is 14.9. The highest BCUT2D eigenvalue weighted by atomic mass is 16.5. The summed E-state index contributed by atoms with van der Waals surface area (Å²) < 4.78 is 4.99. The number of hydrogen-bond acceptors (Lipinski definition) is 9. The van der Waals surface area contributed by atoms with Gasteiger partial charge in [-0.15, -0.1) is 10.2 Å². The second-order valence-corrected chi connectivity index (χ2v) is 8.25. The third-order valence-electron chi connectivity index (χ3n) is 6.00. The average Bonchev–Trinajstić information content (AvgIpc) is 3.06. The monoisotopic (exact) mass is 469 g/mol. The number of aromatic hydroxyl groups is 1. The molecule has 35 heavy (non-hydrogen) atoms. The number of phenols is 1. The minimum Gasteiger partial charge on any atom is -0.507 e. The lowest BCUT2D eigenvalue weighted by Gasteiger charge is -2.28. The van der Waals surface area contributed by atoms with Crippen LogP contribution >= 0.6 is 0 Å². The molecule has 0 radical (unpaired) electrons. The van der Waals surface area contributed by atoms with E-state index in [1.807, 2.05) is 18.2 Å². The number of nitrogens with two attached hydrogens (primary N) is 1. The molecule has 0 saturated carbocycles. The molecule has 3 aromatic rings. The normalized spacial score (nSPS) is 15.6. The Morgan fingerprint density at radius 2 is 2.00 bits per heavy atom. The number of para-hydroxylation sites is 1. The van der Waals surface area contributed by atoms with Gasteiger partial charge in [-0.2, -0.15) is 5.26 Å². The Balaban J connectivity index is 1.59. The highest BCUT2D eigenvalue weighted by Crippen LogP contribution is 2.32. The number of nitrogens with zero attached hydrogens (tertiary/aromatic N) is 6. The van der Waals surface area contributed by atoms with E-state index in [9.17, 15) is 10.4 Å². The molecule has 1 aromatic carbocycles. The van der Waals surface area contributed by atoms with Gasteiger partial charge < -0.3 is 25.4 Å². The van der Waals surface area contributed by atoms with Crippen molar-refractivity contribution in [2.45, 2.75) is 19.4 Å². The molecule has 1 aliphatic rings. The molecule has 0 bridgehead atoms. The first kappa shape index (κ1) is 23.8. The van der Waals surface area contributed by atoms with Crippen molar-refractivity contribution in [1.29, 1.82) is 5.26 Å². The van der Waals surface area contributed by atoms with E-state index in [1.165, 1.54) is 0 Å². The fourth-order valence-electron chi connectivity index (χ4n) is 4.09. The number of hydrogen-bond donors (Lipinski definition) is 2. The van der Waals surface area contributed by atoms with E-state index in [0.717, 1.165) is 24.5 Å². The summed E-state index contributed by atoms with van der Waals surface area (Å²) in [6.45, 7) is 4.58. The van der Waals surface area contributed by atoms with Gasteiger partial charge in [-0.3, -0.25) is 0 Å². The van der Waals surface area contributed by atoms with Crippen molar-refractivity contribution in [3.8, 4) is 34.9 Å². The number of nitriles is 1. The molecule has 1 saturated heterocycles. The van der Waals surface area contributed by atoms with Crippen LogP contribution in [0.2, 0.25) is 0 Å². The van der Waals surface area contributed by atoms with Crippen LogP contribution < -0.4 is 15.5 Å². The van der Waals surface area contributed by atoms with Crippen molar-refractivity contribution in [2.24, 2.45) is 0 Å². The van der Waals surface area contributed by atoms with Crippen LogP contribution in [0.3, 0.4) is 0 Å². The third kappa shape index (κ3) is 5.26. The van der Waals surface area contributed by atoms with E-state index in [1.54, 1.807) is 31.4 Å². The van der Waals surface area contributed by atoms with Gasteiger partial charge in [-0.25, -0.2) is 4.98 Å². The zero-order chi connectivity index (χ0) is 24.8. The molecule has 0 amide bonds. The standard InChI is InChI=1S/C26H27N7O2/c1-18-11-12-32(23-16-22(30-31-26(23)28)20-6-3-4-8-24(20)34)13-14-33(18)25-10-9-19(17-27)21(29-25)7-5-15-35-2/h3-4,6,8-10,16,18,34H,11-15H2,1-2H3,(H2,28,31)/t18-/m0/s1. The summed E-state index contributed by atoms with van der Waals surface area (Å²) in [4.78, 5) is 9.10. The molecule has 9 nitrogen and oxygen atoms in total. The topological polar surface area (TPSA) is 124 Å². The number of anilines is 3. The number of methoxy groups -OCH3 is 1. The van der Waals surface area contributed by atoms with Crippen LogP contribution in [0, 0.1) is 23.2 Å². The first-order valence-electron chi connectivity index (χ1n) is 11.3. The highest BCUT2D eigenvalue weighted by Gasteiger charge is 2.24. The lowest BCUT2D eigenvalue weighted by atomic mass is 10.1. The zero-order valence-electron chi connectivity index (χ0n) is 19.8. The lowest BCUT2D eigenvalue weighted by Crippen LogP contribution is -2.35. The fraction of sp³-hybridized carbons (Fsp3) is 0.308. The highest BCUT2D eigenvalue weighted by molar-refractivity contribution is 5.74. The van der Waals surface area contributed by atoms with E-state index < -0.39 is 0 Å². The molecule has 0 unspecified atom stereocenters. The fourth-order valence-corrected chi connectivity index (χ4v) is 4.09. The smallest absolute Gasteiger partial charge is 0.169 e. The second kappa shape index (κ2) is 10.7. The maximum absolute atomic E-state index is 10.2. The van der Waals surface area contributed by atoms with Crippen molar-refractivity contribution in [2.75, 3.05) is 48.9 Å². The van der Waals surface area contributed by atoms with Crippen LogP contribution in [-0.4, -0.2) is 59.7 Å². The zero-order valence-corrected chi connectivity index (χ0v) is 19.8. The summed E-state index contributed by atoms with van der Waals surface area (Å²) in [5, 5.41) is 28.0. The van der Waals surface area contributed by atoms with Crippen molar-refractivity contribution in [3.63, 3.8) is 0 Å². The Bertz CT molecular complexity index is 1310. The van der Waals surface area contributed by atoms with Crippen LogP contribution in [-0.2, 0) is 4.74 Å². The van der Waals surface area contributed by atoms with Crippen LogP contribution in [0.1, 0.15) is 24.6 Å². The van der Waals surface area contributed by atoms with Crippen molar-refractivity contribution >= 4 is 17.3 Å². The molecule has 3 heterocycles. The predicted molar refractivity (Wildman–Crippen MR) is 135 cm³/mol. The second-order valence-electron chi connectivity index (χ2n) is 8.25. The van der Waals surface area contributed by atoms with Gasteiger partial charge in [0.15, 0.2) is 5.82 Å². The molecule has 3 N–H and O–H groups in total. The third-order valence-corrected chi connectivity index (χ3v) is 6.00. The SMILES string of the molecule is COCC#Cc1nc(N2CCN(c3cc(-c4ccccc4O)nnc3N)CC[C@@H]2C)ccc1C#N. The number of pyridine rings is 1. The molecule has 1 fully saturated rings. The van der Waals surface area contributed by atoms with Crippen molar-refractivity contribution < 1.29 is 9.84 Å². The van der Waals surface area contributed by atoms with Crippen molar-refractivity contribution in [3.05, 3.63) is 53.7 Å². The summed E-state index contributed by atoms with van der Waals surface area (Å²) in [5.41, 5.74) is 9.06. The summed E-state index contributed by atoms with van der Waals surface area (Å²) in [5.74, 6) is 7.09. The van der Waals surface area contributed by atoms with Gasteiger partial charge in [0, 0.05) is 38.3 Å². The van der Waals surface area contributed by atoms with Crippen LogP contribution in [0.25, 0.3) is 11.3 Å². The molecule has 9 heteroatoms. The first-order chi connectivity index (χ1) is 17.0. The summed E-state index contributed by atoms with van der Waals surface area (Å²) in [6.07, 6.45) is 0.861. The first-order valence-corrected chi connectivity index (χ1v) is 11.3. The van der Waals surface area contributed by atoms with E-state index >= 15 is 0 Å². The van der Waals surface area contributed by atoms with Gasteiger partial charge in [0.25, 0.3) is 0 Å². The van der Waals surface area contributed by atoms with Crippen molar-refractivity contribution in [1.82, 2.24) is 15.2 Å². The van der Waals surface area contributed by atoms with Gasteiger partial charge in [0.1, 0.15) is 29.9 Å². The molecule has 178 valence electrons. The van der Waals surface area contributed by atoms with Gasteiger partial charge in [0.2, 0.25) is 0 Å². The summed E-state index contributed by atoms with van der Waals surface area (Å²) >= 11 is 0. The maximum atomic E-state index is 10.2. The Kier molecular flexibility index (Phi) is 7.30. The Morgan fingerprint density at radius 3 is 2.77 bits per heavy atom. The molecule has 0 spiro atoms. The van der Waals surface area contributed by atoms with E-state index in [4.69, 9.17) is 15.5 Å². The Morgan fingerprint density at radius 1 is 1.17 bits per heavy atom. The number of nitrogen functional groups attached to an aromatic ring is 1. The molecule has 1 aliphatic heterocycles. The molecule has 1 atom stereocenters. The van der Waals surface area contributed by atoms with E-state index in [2.05, 4.69) is 44.8 Å². The Hall–Kier alpha value is -4.34. The number of rotatable bonds is 4. The van der Waals surface area contributed by atoms with Gasteiger partial charge in [-0.1, -0.05) is 18.1 Å². The lowest BCUT2D eigenvalue weighted by molar-refractivity contribution is 0.240. The maximum Gasteiger partial charge on any atom is 0.169 e. The number of aromatic nitrogens is 3. The minimum absolute atomic E-state index is 0.143. The van der Waals surface area contributed by atoms with Crippen LogP contribution in [0.15, 0.2) is 42.5 Å². The number of ether oxygens (including phenoxy) is 1. The number of benzene rings is 1. The Labute approximate surface area is 204 Å². The molecule has 0 aliphatic carbocycles. The molecular weight excluding hydrogens is 442 g/mol. The molecule has 4 rings (SSSR count). The van der Waals surface area contributed by atoms with E-state index in [0.29, 0.717) is 41.4 Å². The van der Waals surface area contributed by atoms with Gasteiger partial charge >= 0.3 is 0 Å². The number of phenolic OH excluding ortho intramolecular Hbond substituents is 1. The van der Waals surface area contributed by atoms with E-state index in [-0.39, 0.29) is 18.4 Å². The van der Waals surface area contributed by atoms with Gasteiger partial charge in [0.05, 0.1) is 16.9 Å². The predicted octanol–water partition coefficient (Wildman–Crippen LogP) is 2.80. The quantitative estimate of drug-likeness (QED) is 0.555. The molecule has 2 aromatic heterocycles.